The van der Waals surface area contributed by atoms with Crippen molar-refractivity contribution in [2.24, 2.45) is 0 Å². The number of carbonyl (C=O) groups excluding carboxylic acids is 2. The molecular formula is C24H27N3O5S. The van der Waals surface area contributed by atoms with Gasteiger partial charge in [-0.15, -0.1) is 0 Å². The summed E-state index contributed by atoms with van der Waals surface area (Å²) in [7, 11) is -3.32. The van der Waals surface area contributed by atoms with Gasteiger partial charge in [-0.2, -0.15) is 0 Å². The van der Waals surface area contributed by atoms with Crippen molar-refractivity contribution in [3.05, 3.63) is 53.1 Å². The van der Waals surface area contributed by atoms with Crippen LogP contribution < -0.4 is 14.5 Å². The van der Waals surface area contributed by atoms with E-state index in [0.717, 1.165) is 16.7 Å². The quantitative estimate of drug-likeness (QED) is 0.645. The van der Waals surface area contributed by atoms with Crippen LogP contribution in [0.3, 0.4) is 0 Å². The number of nitrogens with zero attached hydrogens (tertiary/aromatic N) is 3. The SMILES string of the molecule is Cc1cc(C)cc(N2C(=O)N(CC(=O)N3CCOc4ccc(C)cc43)C3CS(=O)(=O)CC32)c1. The maximum atomic E-state index is 13.5. The molecular weight excluding hydrogens is 442 g/mol. The van der Waals surface area contributed by atoms with Gasteiger partial charge in [0.2, 0.25) is 5.91 Å². The number of aryl methyl sites for hydroxylation is 3. The second kappa shape index (κ2) is 7.76. The lowest BCUT2D eigenvalue weighted by Gasteiger charge is -2.32. The Morgan fingerprint density at radius 2 is 1.70 bits per heavy atom. The molecule has 0 bridgehead atoms. The molecule has 0 spiro atoms. The van der Waals surface area contributed by atoms with Crippen molar-refractivity contribution in [2.75, 3.05) is 41.0 Å². The number of hydrogen-bond donors (Lipinski definition) is 0. The Balaban J connectivity index is 1.47. The van der Waals surface area contributed by atoms with Crippen LogP contribution in [0.25, 0.3) is 0 Å². The molecule has 2 fully saturated rings. The first-order valence-corrected chi connectivity index (χ1v) is 12.9. The fraction of sp³-hybridized carbons (Fsp3) is 0.417. The Morgan fingerprint density at radius 3 is 2.42 bits per heavy atom. The van der Waals surface area contributed by atoms with Crippen molar-refractivity contribution in [3.8, 4) is 5.75 Å². The Hall–Kier alpha value is -3.07. The van der Waals surface area contributed by atoms with Crippen molar-refractivity contribution in [3.63, 3.8) is 0 Å². The number of hydrogen-bond acceptors (Lipinski definition) is 5. The van der Waals surface area contributed by atoms with E-state index in [2.05, 4.69) is 0 Å². The topological polar surface area (TPSA) is 87.2 Å². The van der Waals surface area contributed by atoms with Gasteiger partial charge in [0.25, 0.3) is 0 Å². The van der Waals surface area contributed by atoms with E-state index in [-0.39, 0.29) is 30.0 Å². The summed E-state index contributed by atoms with van der Waals surface area (Å²) in [5.74, 6) is 0.159. The molecule has 3 aliphatic heterocycles. The number of urea groups is 1. The molecule has 3 amide bonds. The van der Waals surface area contributed by atoms with Gasteiger partial charge in [0.15, 0.2) is 9.84 Å². The largest absolute Gasteiger partial charge is 0.490 e. The second-order valence-electron chi connectivity index (χ2n) is 9.20. The molecule has 33 heavy (non-hydrogen) atoms. The third kappa shape index (κ3) is 3.84. The Labute approximate surface area is 193 Å². The molecule has 174 valence electrons. The van der Waals surface area contributed by atoms with Gasteiger partial charge in [0.05, 0.1) is 35.8 Å². The molecule has 0 N–H and O–H groups in total. The van der Waals surface area contributed by atoms with Crippen molar-refractivity contribution in [1.82, 2.24) is 4.90 Å². The van der Waals surface area contributed by atoms with E-state index < -0.39 is 21.9 Å². The monoisotopic (exact) mass is 469 g/mol. The van der Waals surface area contributed by atoms with Crippen LogP contribution >= 0.6 is 0 Å². The first kappa shape index (κ1) is 21.8. The third-order valence-corrected chi connectivity index (χ3v) is 8.25. The summed E-state index contributed by atoms with van der Waals surface area (Å²) in [4.78, 5) is 31.6. The summed E-state index contributed by atoms with van der Waals surface area (Å²) in [5.41, 5.74) is 4.33. The minimum absolute atomic E-state index is 0.0966. The van der Waals surface area contributed by atoms with Crippen molar-refractivity contribution in [1.29, 1.82) is 0 Å². The van der Waals surface area contributed by atoms with E-state index in [1.54, 1.807) is 9.80 Å². The predicted octanol–water partition coefficient (Wildman–Crippen LogP) is 2.45. The van der Waals surface area contributed by atoms with Crippen LogP contribution in [0.15, 0.2) is 36.4 Å². The first-order valence-electron chi connectivity index (χ1n) is 11.1. The number of anilines is 2. The Bertz CT molecular complexity index is 1240. The lowest BCUT2D eigenvalue weighted by Crippen LogP contribution is -2.48. The summed E-state index contributed by atoms with van der Waals surface area (Å²) in [6, 6.07) is 10.1. The maximum absolute atomic E-state index is 13.5. The summed E-state index contributed by atoms with van der Waals surface area (Å²) in [5, 5.41) is 0. The molecule has 0 aliphatic carbocycles. The fourth-order valence-electron chi connectivity index (χ4n) is 5.17. The van der Waals surface area contributed by atoms with Gasteiger partial charge in [0, 0.05) is 5.69 Å². The van der Waals surface area contributed by atoms with Gasteiger partial charge in [-0.3, -0.25) is 9.69 Å². The highest BCUT2D eigenvalue weighted by molar-refractivity contribution is 7.91. The average Bonchev–Trinajstić information content (AvgIpc) is 3.16. The van der Waals surface area contributed by atoms with Gasteiger partial charge >= 0.3 is 6.03 Å². The van der Waals surface area contributed by atoms with Crippen molar-refractivity contribution >= 4 is 33.2 Å². The number of amides is 3. The molecule has 0 saturated carbocycles. The van der Waals surface area contributed by atoms with Crippen LogP contribution in [0, 0.1) is 20.8 Å². The molecule has 8 nitrogen and oxygen atoms in total. The Kier molecular flexibility index (Phi) is 5.12. The molecule has 2 aromatic rings. The predicted molar refractivity (Wildman–Crippen MR) is 126 cm³/mol. The average molecular weight is 470 g/mol. The van der Waals surface area contributed by atoms with Gasteiger partial charge in [0.1, 0.15) is 18.9 Å². The second-order valence-corrected chi connectivity index (χ2v) is 11.4. The minimum atomic E-state index is -3.32. The summed E-state index contributed by atoms with van der Waals surface area (Å²) in [6.45, 7) is 6.40. The highest BCUT2D eigenvalue weighted by Crippen LogP contribution is 2.37. The highest BCUT2D eigenvalue weighted by atomic mass is 32.2. The lowest BCUT2D eigenvalue weighted by atomic mass is 10.1. The number of benzene rings is 2. The zero-order valence-corrected chi connectivity index (χ0v) is 19.8. The highest BCUT2D eigenvalue weighted by Gasteiger charge is 2.54. The van der Waals surface area contributed by atoms with Crippen LogP contribution in [0.2, 0.25) is 0 Å². The number of ether oxygens (including phenoxy) is 1. The molecule has 5 rings (SSSR count). The molecule has 2 saturated heterocycles. The third-order valence-electron chi connectivity index (χ3n) is 6.55. The van der Waals surface area contributed by atoms with Crippen molar-refractivity contribution < 1.29 is 22.7 Å². The van der Waals surface area contributed by atoms with E-state index in [0.29, 0.717) is 30.3 Å². The molecule has 2 atom stereocenters. The Morgan fingerprint density at radius 1 is 1.00 bits per heavy atom. The summed E-state index contributed by atoms with van der Waals surface area (Å²) in [6.07, 6.45) is 0. The number of fused-ring (bicyclic) bond motifs is 2. The summed E-state index contributed by atoms with van der Waals surface area (Å²) >= 11 is 0. The molecule has 2 unspecified atom stereocenters. The van der Waals surface area contributed by atoms with E-state index in [1.165, 1.54) is 4.90 Å². The standard InChI is InChI=1S/C24H27N3O5S/c1-15-4-5-22-19(11-15)25(6-7-32-22)23(28)12-26-20-13-33(30,31)14-21(20)27(24(26)29)18-9-16(2)8-17(3)10-18/h4-5,8-11,20-21H,6-7,12-14H2,1-3H3. The zero-order valence-electron chi connectivity index (χ0n) is 18.9. The van der Waals surface area contributed by atoms with E-state index >= 15 is 0 Å². The van der Waals surface area contributed by atoms with Crippen LogP contribution in [-0.2, 0) is 14.6 Å². The smallest absolute Gasteiger partial charge is 0.325 e. The number of carbonyl (C=O) groups is 2. The normalized spacial score (nSPS) is 23.4. The van der Waals surface area contributed by atoms with Crippen LogP contribution in [0.5, 0.6) is 5.75 Å². The van der Waals surface area contributed by atoms with Gasteiger partial charge in [-0.05, 0) is 61.7 Å². The molecule has 0 aromatic heterocycles. The maximum Gasteiger partial charge on any atom is 0.325 e. The zero-order chi connectivity index (χ0) is 23.5. The van der Waals surface area contributed by atoms with Gasteiger partial charge < -0.3 is 14.5 Å². The fourth-order valence-corrected chi connectivity index (χ4v) is 7.12. The van der Waals surface area contributed by atoms with Crippen LogP contribution in [0.4, 0.5) is 16.2 Å². The molecule has 3 heterocycles. The van der Waals surface area contributed by atoms with Crippen molar-refractivity contribution in [2.45, 2.75) is 32.9 Å². The lowest BCUT2D eigenvalue weighted by molar-refractivity contribution is -0.119. The van der Waals surface area contributed by atoms with E-state index in [4.69, 9.17) is 4.74 Å². The molecule has 0 radical (unpaired) electrons. The summed E-state index contributed by atoms with van der Waals surface area (Å²) < 4.78 is 30.7. The van der Waals surface area contributed by atoms with Crippen LogP contribution in [-0.4, -0.2) is 68.5 Å². The minimum Gasteiger partial charge on any atom is -0.490 e. The van der Waals surface area contributed by atoms with Gasteiger partial charge in [-0.25, -0.2) is 13.2 Å². The van der Waals surface area contributed by atoms with Gasteiger partial charge in [-0.1, -0.05) is 12.1 Å². The van der Waals surface area contributed by atoms with E-state index in [1.807, 2.05) is 57.2 Å². The number of rotatable bonds is 3. The first-order chi connectivity index (χ1) is 15.6. The van der Waals surface area contributed by atoms with E-state index in [9.17, 15) is 18.0 Å². The number of sulfone groups is 1. The molecule has 9 heteroatoms. The van der Waals surface area contributed by atoms with Crippen LogP contribution in [0.1, 0.15) is 16.7 Å². The molecule has 3 aliphatic rings. The molecule has 2 aromatic carbocycles.